The standard InChI is InChI=1S/C14H11ClN2O4S/c1-21-11-6-7-13-12(8-11)16-14(18)17(22(13,19)20)10-4-2-9(15)3-5-10/h2-8H,1H3,(H,16,18). The number of carbonyl (C=O) groups excluding carboxylic acids is 1. The van der Waals surface area contributed by atoms with Gasteiger partial charge < -0.3 is 10.1 Å². The second kappa shape index (κ2) is 5.19. The number of methoxy groups -OCH3 is 1. The molecule has 0 saturated heterocycles. The highest BCUT2D eigenvalue weighted by Crippen LogP contribution is 2.35. The summed E-state index contributed by atoms with van der Waals surface area (Å²) in [7, 11) is -2.54. The Morgan fingerprint density at radius 1 is 1.14 bits per heavy atom. The number of hydrogen-bond acceptors (Lipinski definition) is 4. The van der Waals surface area contributed by atoms with Crippen molar-refractivity contribution < 1.29 is 17.9 Å². The van der Waals surface area contributed by atoms with E-state index in [2.05, 4.69) is 5.32 Å². The molecule has 0 aliphatic carbocycles. The molecule has 0 fully saturated rings. The molecule has 0 saturated carbocycles. The number of hydrogen-bond donors (Lipinski definition) is 1. The van der Waals surface area contributed by atoms with Crippen molar-refractivity contribution in [2.24, 2.45) is 0 Å². The number of anilines is 2. The third-order valence-electron chi connectivity index (χ3n) is 3.19. The SMILES string of the molecule is COc1ccc2c(c1)NC(=O)N(c1ccc(Cl)cc1)S2(=O)=O. The highest BCUT2D eigenvalue weighted by molar-refractivity contribution is 7.94. The smallest absolute Gasteiger partial charge is 0.340 e. The molecule has 2 amide bonds. The van der Waals surface area contributed by atoms with Gasteiger partial charge in [-0.3, -0.25) is 0 Å². The van der Waals surface area contributed by atoms with Crippen LogP contribution < -0.4 is 14.4 Å². The number of ether oxygens (including phenoxy) is 1. The van der Waals surface area contributed by atoms with E-state index in [4.69, 9.17) is 16.3 Å². The van der Waals surface area contributed by atoms with E-state index < -0.39 is 16.1 Å². The van der Waals surface area contributed by atoms with Gasteiger partial charge >= 0.3 is 6.03 Å². The Morgan fingerprint density at radius 2 is 1.82 bits per heavy atom. The first-order chi connectivity index (χ1) is 10.4. The summed E-state index contributed by atoms with van der Waals surface area (Å²) < 4.78 is 31.1. The van der Waals surface area contributed by atoms with Gasteiger partial charge in [0.05, 0.1) is 18.5 Å². The molecule has 0 unspecified atom stereocenters. The minimum atomic E-state index is -4.00. The first-order valence-corrected chi connectivity index (χ1v) is 8.05. The van der Waals surface area contributed by atoms with Crippen LogP contribution in [0.25, 0.3) is 0 Å². The Morgan fingerprint density at radius 3 is 2.45 bits per heavy atom. The molecule has 1 aliphatic rings. The van der Waals surface area contributed by atoms with Crippen LogP contribution in [0.1, 0.15) is 0 Å². The van der Waals surface area contributed by atoms with E-state index in [1.165, 1.54) is 49.6 Å². The highest BCUT2D eigenvalue weighted by atomic mass is 35.5. The van der Waals surface area contributed by atoms with Crippen molar-refractivity contribution in [2.75, 3.05) is 16.7 Å². The molecule has 22 heavy (non-hydrogen) atoms. The van der Waals surface area contributed by atoms with E-state index in [-0.39, 0.29) is 16.3 Å². The Hall–Kier alpha value is -2.25. The highest BCUT2D eigenvalue weighted by Gasteiger charge is 2.38. The number of carbonyl (C=O) groups is 1. The number of rotatable bonds is 2. The summed E-state index contributed by atoms with van der Waals surface area (Å²) in [6, 6.07) is 9.58. The summed E-state index contributed by atoms with van der Waals surface area (Å²) in [4.78, 5) is 12.2. The second-order valence-electron chi connectivity index (χ2n) is 4.54. The first-order valence-electron chi connectivity index (χ1n) is 6.23. The lowest BCUT2D eigenvalue weighted by Gasteiger charge is -2.28. The molecular weight excluding hydrogens is 328 g/mol. The van der Waals surface area contributed by atoms with Crippen LogP contribution in [-0.4, -0.2) is 21.6 Å². The van der Waals surface area contributed by atoms with E-state index in [0.29, 0.717) is 15.1 Å². The van der Waals surface area contributed by atoms with Gasteiger partial charge in [0, 0.05) is 11.1 Å². The van der Waals surface area contributed by atoms with Crippen molar-refractivity contribution in [1.82, 2.24) is 0 Å². The second-order valence-corrected chi connectivity index (χ2v) is 6.73. The number of fused-ring (bicyclic) bond motifs is 1. The molecular formula is C14H11ClN2O4S. The summed E-state index contributed by atoms with van der Waals surface area (Å²) in [5.41, 5.74) is 0.401. The lowest BCUT2D eigenvalue weighted by Crippen LogP contribution is -2.44. The van der Waals surface area contributed by atoms with Crippen LogP contribution >= 0.6 is 11.6 Å². The van der Waals surface area contributed by atoms with Crippen LogP contribution in [0, 0.1) is 0 Å². The molecule has 1 N–H and O–H groups in total. The van der Waals surface area contributed by atoms with Crippen molar-refractivity contribution in [3.8, 4) is 5.75 Å². The number of urea groups is 1. The van der Waals surface area contributed by atoms with Crippen LogP contribution in [0.15, 0.2) is 47.4 Å². The molecule has 114 valence electrons. The molecule has 1 heterocycles. The van der Waals surface area contributed by atoms with Crippen molar-refractivity contribution in [3.05, 3.63) is 47.5 Å². The number of nitrogens with one attached hydrogen (secondary N) is 1. The minimum absolute atomic E-state index is 0.00264. The Labute approximate surface area is 132 Å². The van der Waals surface area contributed by atoms with Crippen molar-refractivity contribution in [2.45, 2.75) is 4.90 Å². The minimum Gasteiger partial charge on any atom is -0.497 e. The maximum atomic E-state index is 12.7. The zero-order valence-corrected chi connectivity index (χ0v) is 13.0. The predicted octanol–water partition coefficient (Wildman–Crippen LogP) is 3.09. The molecule has 6 nitrogen and oxygen atoms in total. The van der Waals surface area contributed by atoms with Crippen LogP contribution in [0.4, 0.5) is 16.2 Å². The summed E-state index contributed by atoms with van der Waals surface area (Å²) in [5.74, 6) is 0.453. The van der Waals surface area contributed by atoms with Gasteiger partial charge in [-0.1, -0.05) is 11.6 Å². The zero-order valence-electron chi connectivity index (χ0n) is 11.4. The van der Waals surface area contributed by atoms with Gasteiger partial charge in [0.1, 0.15) is 10.6 Å². The monoisotopic (exact) mass is 338 g/mol. The summed E-state index contributed by atoms with van der Waals surface area (Å²) in [5, 5.41) is 3.00. The summed E-state index contributed by atoms with van der Waals surface area (Å²) in [6.45, 7) is 0. The lowest BCUT2D eigenvalue weighted by molar-refractivity contribution is 0.259. The number of amides is 2. The molecule has 0 atom stereocenters. The van der Waals surface area contributed by atoms with Gasteiger partial charge in [-0.25, -0.2) is 13.2 Å². The lowest BCUT2D eigenvalue weighted by atomic mass is 10.3. The fourth-order valence-corrected chi connectivity index (χ4v) is 3.78. The number of sulfonamides is 1. The van der Waals surface area contributed by atoms with Crippen LogP contribution in [0.2, 0.25) is 5.02 Å². The van der Waals surface area contributed by atoms with Crippen molar-refractivity contribution >= 4 is 39.0 Å². The molecule has 0 bridgehead atoms. The summed E-state index contributed by atoms with van der Waals surface area (Å²) in [6.07, 6.45) is 0. The van der Waals surface area contributed by atoms with Gasteiger partial charge in [0.2, 0.25) is 0 Å². The fourth-order valence-electron chi connectivity index (χ4n) is 2.16. The predicted molar refractivity (Wildman–Crippen MR) is 83.1 cm³/mol. The van der Waals surface area contributed by atoms with Crippen LogP contribution in [-0.2, 0) is 10.0 Å². The van der Waals surface area contributed by atoms with Crippen molar-refractivity contribution in [1.29, 1.82) is 0 Å². The van der Waals surface area contributed by atoms with E-state index in [9.17, 15) is 13.2 Å². The molecule has 1 aliphatic heterocycles. The van der Waals surface area contributed by atoms with Crippen LogP contribution in [0.5, 0.6) is 5.75 Å². The third-order valence-corrected chi connectivity index (χ3v) is 5.21. The largest absolute Gasteiger partial charge is 0.497 e. The number of halogens is 1. The molecule has 0 radical (unpaired) electrons. The maximum absolute atomic E-state index is 12.7. The van der Waals surface area contributed by atoms with E-state index in [0.717, 1.165) is 0 Å². The van der Waals surface area contributed by atoms with Gasteiger partial charge in [0.25, 0.3) is 10.0 Å². The summed E-state index contributed by atoms with van der Waals surface area (Å²) >= 11 is 5.79. The molecule has 2 aromatic rings. The molecule has 8 heteroatoms. The molecule has 0 aromatic heterocycles. The number of nitrogens with zero attached hydrogens (tertiary/aromatic N) is 1. The van der Waals surface area contributed by atoms with E-state index in [1.807, 2.05) is 0 Å². The zero-order chi connectivity index (χ0) is 15.9. The Kier molecular flexibility index (Phi) is 3.46. The van der Waals surface area contributed by atoms with Gasteiger partial charge in [-0.05, 0) is 36.4 Å². The van der Waals surface area contributed by atoms with Gasteiger partial charge in [0.15, 0.2) is 0 Å². The maximum Gasteiger partial charge on any atom is 0.340 e. The third kappa shape index (κ3) is 2.28. The first kappa shape index (κ1) is 14.7. The molecule has 3 rings (SSSR count). The average molecular weight is 339 g/mol. The number of benzene rings is 2. The van der Waals surface area contributed by atoms with Crippen LogP contribution in [0.3, 0.4) is 0 Å². The van der Waals surface area contributed by atoms with E-state index in [1.54, 1.807) is 0 Å². The molecule has 0 spiro atoms. The van der Waals surface area contributed by atoms with Gasteiger partial charge in [-0.15, -0.1) is 0 Å². The topological polar surface area (TPSA) is 75.7 Å². The normalized spacial score (nSPS) is 15.9. The average Bonchev–Trinajstić information content (AvgIpc) is 2.48. The quantitative estimate of drug-likeness (QED) is 0.913. The van der Waals surface area contributed by atoms with E-state index >= 15 is 0 Å². The Bertz CT molecular complexity index is 850. The fraction of sp³-hybridized carbons (Fsp3) is 0.0714. The van der Waals surface area contributed by atoms with Crippen molar-refractivity contribution in [3.63, 3.8) is 0 Å². The molecule has 2 aromatic carbocycles. The Balaban J connectivity index is 2.14. The van der Waals surface area contributed by atoms with Gasteiger partial charge in [-0.2, -0.15) is 4.31 Å².